The SMILES string of the molecule is CCOC(OCCC(C)C)C(C)C. The van der Waals surface area contributed by atoms with E-state index in [0.29, 0.717) is 11.8 Å². The normalized spacial score (nSPS) is 14.1. The minimum absolute atomic E-state index is 0.0243. The molecule has 0 spiro atoms. The largest absolute Gasteiger partial charge is 0.353 e. The molecule has 0 aliphatic carbocycles. The van der Waals surface area contributed by atoms with Crippen LogP contribution < -0.4 is 0 Å². The van der Waals surface area contributed by atoms with E-state index >= 15 is 0 Å². The van der Waals surface area contributed by atoms with Crippen molar-refractivity contribution in [1.29, 1.82) is 0 Å². The molecule has 1 unspecified atom stereocenters. The number of ether oxygens (including phenoxy) is 2. The molecule has 0 radical (unpaired) electrons. The van der Waals surface area contributed by atoms with Crippen LogP contribution in [0.2, 0.25) is 0 Å². The van der Waals surface area contributed by atoms with Crippen molar-refractivity contribution in [2.75, 3.05) is 13.2 Å². The van der Waals surface area contributed by atoms with Crippen LogP contribution in [0.25, 0.3) is 0 Å². The fourth-order valence-electron chi connectivity index (χ4n) is 1.02. The molecule has 0 saturated heterocycles. The van der Waals surface area contributed by atoms with Crippen molar-refractivity contribution in [2.24, 2.45) is 11.8 Å². The van der Waals surface area contributed by atoms with Crippen molar-refractivity contribution < 1.29 is 9.47 Å². The lowest BCUT2D eigenvalue weighted by atomic mass is 10.1. The Kier molecular flexibility index (Phi) is 7.29. The summed E-state index contributed by atoms with van der Waals surface area (Å²) in [4.78, 5) is 0. The Balaban J connectivity index is 3.57. The molecule has 0 heterocycles. The maximum atomic E-state index is 5.63. The van der Waals surface area contributed by atoms with Crippen LogP contribution in [0.4, 0.5) is 0 Å². The third kappa shape index (κ3) is 7.03. The van der Waals surface area contributed by atoms with E-state index in [1.54, 1.807) is 0 Å². The van der Waals surface area contributed by atoms with E-state index in [0.717, 1.165) is 19.6 Å². The molecule has 0 amide bonds. The topological polar surface area (TPSA) is 18.5 Å². The molecule has 0 aromatic rings. The number of hydrogen-bond donors (Lipinski definition) is 0. The molecule has 0 aliphatic heterocycles. The van der Waals surface area contributed by atoms with Crippen molar-refractivity contribution in [1.82, 2.24) is 0 Å². The van der Waals surface area contributed by atoms with E-state index in [-0.39, 0.29) is 6.29 Å². The van der Waals surface area contributed by atoms with E-state index in [2.05, 4.69) is 27.7 Å². The Morgan fingerprint density at radius 1 is 1.00 bits per heavy atom. The summed E-state index contributed by atoms with van der Waals surface area (Å²) in [6.07, 6.45) is 1.08. The van der Waals surface area contributed by atoms with Gasteiger partial charge in [0.15, 0.2) is 6.29 Å². The van der Waals surface area contributed by atoms with Gasteiger partial charge in [0.2, 0.25) is 0 Å². The van der Waals surface area contributed by atoms with Gasteiger partial charge in [-0.1, -0.05) is 27.7 Å². The van der Waals surface area contributed by atoms with Gasteiger partial charge in [-0.05, 0) is 19.3 Å². The molecular weight excluding hydrogens is 164 g/mol. The third-order valence-corrected chi connectivity index (χ3v) is 1.85. The van der Waals surface area contributed by atoms with Gasteiger partial charge in [-0.3, -0.25) is 0 Å². The fourth-order valence-corrected chi connectivity index (χ4v) is 1.02. The van der Waals surface area contributed by atoms with Gasteiger partial charge in [0.25, 0.3) is 0 Å². The summed E-state index contributed by atoms with van der Waals surface area (Å²) >= 11 is 0. The van der Waals surface area contributed by atoms with Crippen LogP contribution in [-0.2, 0) is 9.47 Å². The highest BCUT2D eigenvalue weighted by molar-refractivity contribution is 4.51. The second-order valence-electron chi connectivity index (χ2n) is 4.12. The van der Waals surface area contributed by atoms with E-state index in [4.69, 9.17) is 9.47 Å². The Morgan fingerprint density at radius 3 is 2.00 bits per heavy atom. The molecule has 0 N–H and O–H groups in total. The van der Waals surface area contributed by atoms with Crippen LogP contribution >= 0.6 is 0 Å². The molecular formula is C11H24O2. The van der Waals surface area contributed by atoms with Crippen molar-refractivity contribution in [3.8, 4) is 0 Å². The molecule has 0 aromatic heterocycles. The van der Waals surface area contributed by atoms with Crippen molar-refractivity contribution >= 4 is 0 Å². The monoisotopic (exact) mass is 188 g/mol. The van der Waals surface area contributed by atoms with Crippen LogP contribution in [0, 0.1) is 11.8 Å². The summed E-state index contributed by atoms with van der Waals surface area (Å²) in [5.74, 6) is 1.14. The maximum absolute atomic E-state index is 5.63. The van der Waals surface area contributed by atoms with Gasteiger partial charge in [-0.2, -0.15) is 0 Å². The minimum atomic E-state index is -0.0243. The van der Waals surface area contributed by atoms with Gasteiger partial charge in [-0.25, -0.2) is 0 Å². The zero-order valence-corrected chi connectivity index (χ0v) is 9.67. The Hall–Kier alpha value is -0.0800. The maximum Gasteiger partial charge on any atom is 0.159 e. The molecule has 0 saturated carbocycles. The molecule has 0 fully saturated rings. The van der Waals surface area contributed by atoms with Crippen LogP contribution in [0.3, 0.4) is 0 Å². The standard InChI is InChI=1S/C11H24O2/c1-6-12-11(10(4)5)13-8-7-9(2)3/h9-11H,6-8H2,1-5H3. The molecule has 80 valence electrons. The highest BCUT2D eigenvalue weighted by Gasteiger charge is 2.13. The summed E-state index contributed by atoms with van der Waals surface area (Å²) < 4.78 is 11.1. The molecule has 2 nitrogen and oxygen atoms in total. The molecule has 1 atom stereocenters. The van der Waals surface area contributed by atoms with Gasteiger partial charge >= 0.3 is 0 Å². The summed E-state index contributed by atoms with van der Waals surface area (Å²) in [6.45, 7) is 12.2. The highest BCUT2D eigenvalue weighted by atomic mass is 16.7. The molecule has 0 aromatic carbocycles. The van der Waals surface area contributed by atoms with Gasteiger partial charge in [0, 0.05) is 19.1 Å². The lowest BCUT2D eigenvalue weighted by molar-refractivity contribution is -0.164. The van der Waals surface area contributed by atoms with Gasteiger partial charge in [0.05, 0.1) is 0 Å². The summed E-state index contributed by atoms with van der Waals surface area (Å²) in [5, 5.41) is 0. The molecule has 0 aliphatic rings. The zero-order valence-electron chi connectivity index (χ0n) is 9.67. The predicted octanol–water partition coefficient (Wildman–Crippen LogP) is 3.07. The average Bonchev–Trinajstić information content (AvgIpc) is 2.02. The average molecular weight is 188 g/mol. The number of rotatable bonds is 7. The van der Waals surface area contributed by atoms with Crippen molar-refractivity contribution in [3.63, 3.8) is 0 Å². The van der Waals surface area contributed by atoms with E-state index in [1.807, 2.05) is 6.92 Å². The summed E-state index contributed by atoms with van der Waals surface area (Å²) in [6, 6.07) is 0. The Morgan fingerprint density at radius 2 is 1.62 bits per heavy atom. The fraction of sp³-hybridized carbons (Fsp3) is 1.00. The molecule has 13 heavy (non-hydrogen) atoms. The van der Waals surface area contributed by atoms with Crippen LogP contribution in [0.5, 0.6) is 0 Å². The van der Waals surface area contributed by atoms with Gasteiger partial charge in [0.1, 0.15) is 0 Å². The lowest BCUT2D eigenvalue weighted by Crippen LogP contribution is -2.24. The second-order valence-corrected chi connectivity index (χ2v) is 4.12. The summed E-state index contributed by atoms with van der Waals surface area (Å²) in [5.41, 5.74) is 0. The second kappa shape index (κ2) is 7.34. The smallest absolute Gasteiger partial charge is 0.159 e. The van der Waals surface area contributed by atoms with Crippen LogP contribution in [-0.4, -0.2) is 19.5 Å². The Labute approximate surface area is 82.6 Å². The molecule has 0 rings (SSSR count). The Bertz CT molecular complexity index is 111. The van der Waals surface area contributed by atoms with Crippen LogP contribution in [0.1, 0.15) is 41.0 Å². The van der Waals surface area contributed by atoms with E-state index in [1.165, 1.54) is 0 Å². The zero-order chi connectivity index (χ0) is 10.3. The summed E-state index contributed by atoms with van der Waals surface area (Å²) in [7, 11) is 0. The van der Waals surface area contributed by atoms with Crippen molar-refractivity contribution in [2.45, 2.75) is 47.3 Å². The van der Waals surface area contributed by atoms with Crippen LogP contribution in [0.15, 0.2) is 0 Å². The van der Waals surface area contributed by atoms with Gasteiger partial charge < -0.3 is 9.47 Å². The lowest BCUT2D eigenvalue weighted by Gasteiger charge is -2.21. The third-order valence-electron chi connectivity index (χ3n) is 1.85. The highest BCUT2D eigenvalue weighted by Crippen LogP contribution is 2.10. The first-order chi connectivity index (χ1) is 6.07. The predicted molar refractivity (Wildman–Crippen MR) is 55.7 cm³/mol. The first-order valence-corrected chi connectivity index (χ1v) is 5.31. The molecule has 0 bridgehead atoms. The first-order valence-electron chi connectivity index (χ1n) is 5.31. The molecule has 2 heteroatoms. The first kappa shape index (κ1) is 12.9. The van der Waals surface area contributed by atoms with E-state index in [9.17, 15) is 0 Å². The minimum Gasteiger partial charge on any atom is -0.353 e. The van der Waals surface area contributed by atoms with Crippen molar-refractivity contribution in [3.05, 3.63) is 0 Å². The van der Waals surface area contributed by atoms with E-state index < -0.39 is 0 Å². The quantitative estimate of drug-likeness (QED) is 0.572. The number of hydrogen-bond acceptors (Lipinski definition) is 2. The van der Waals surface area contributed by atoms with Gasteiger partial charge in [-0.15, -0.1) is 0 Å².